The maximum atomic E-state index is 5.59. The van der Waals surface area contributed by atoms with Gasteiger partial charge in [-0.15, -0.1) is 11.8 Å². The van der Waals surface area contributed by atoms with Crippen LogP contribution in [0.2, 0.25) is 0 Å². The van der Waals surface area contributed by atoms with Crippen molar-refractivity contribution < 1.29 is 4.74 Å². The van der Waals surface area contributed by atoms with Crippen molar-refractivity contribution in [2.75, 3.05) is 12.9 Å². The van der Waals surface area contributed by atoms with E-state index < -0.39 is 0 Å². The van der Waals surface area contributed by atoms with Crippen LogP contribution in [-0.2, 0) is 0 Å². The largest absolute Gasteiger partial charge is 0.496 e. The van der Waals surface area contributed by atoms with E-state index in [-0.39, 0.29) is 6.04 Å². The molecule has 0 saturated carbocycles. The third-order valence-corrected chi connectivity index (χ3v) is 5.95. The summed E-state index contributed by atoms with van der Waals surface area (Å²) >= 11 is 1.98. The van der Waals surface area contributed by atoms with Crippen LogP contribution in [0.25, 0.3) is 0 Å². The molecule has 2 atom stereocenters. The Hall–Kier alpha value is -1.45. The summed E-state index contributed by atoms with van der Waals surface area (Å²) < 4.78 is 5.59. The number of nitrogens with one attached hydrogen (secondary N) is 1. The molecule has 2 aromatic rings. The molecule has 0 saturated heterocycles. The van der Waals surface area contributed by atoms with E-state index in [1.807, 2.05) is 11.8 Å². The van der Waals surface area contributed by atoms with E-state index in [4.69, 9.17) is 4.74 Å². The summed E-state index contributed by atoms with van der Waals surface area (Å²) in [7, 11) is 1.76. The topological polar surface area (TPSA) is 21.3 Å². The number of benzene rings is 2. The second kappa shape index (κ2) is 8.09. The Balaban J connectivity index is 2.01. The number of aryl methyl sites for hydroxylation is 1. The van der Waals surface area contributed by atoms with Gasteiger partial charge in [0.2, 0.25) is 0 Å². The lowest BCUT2D eigenvalue weighted by Gasteiger charge is -2.24. The summed E-state index contributed by atoms with van der Waals surface area (Å²) in [6, 6.07) is 16.1. The first-order valence-corrected chi connectivity index (χ1v) is 9.83. The molecule has 3 heteroatoms. The first-order valence-electron chi connectivity index (χ1n) is 8.85. The normalized spacial score (nSPS) is 20.3. The van der Waals surface area contributed by atoms with E-state index in [1.165, 1.54) is 40.8 Å². The molecule has 0 fully saturated rings. The molecule has 2 nitrogen and oxygen atoms in total. The number of ether oxygens (including phenoxy) is 1. The Morgan fingerprint density at radius 2 is 2.00 bits per heavy atom. The van der Waals surface area contributed by atoms with E-state index in [0.29, 0.717) is 6.04 Å². The van der Waals surface area contributed by atoms with Gasteiger partial charge in [-0.05, 0) is 42.2 Å². The molecule has 3 rings (SSSR count). The van der Waals surface area contributed by atoms with Gasteiger partial charge in [0.25, 0.3) is 0 Å². The Morgan fingerprint density at radius 1 is 1.21 bits per heavy atom. The summed E-state index contributed by atoms with van der Waals surface area (Å²) in [5.74, 6) is 2.10. The Labute approximate surface area is 150 Å². The summed E-state index contributed by atoms with van der Waals surface area (Å²) in [5.41, 5.74) is 3.88. The number of hydrogen-bond acceptors (Lipinski definition) is 3. The predicted molar refractivity (Wildman–Crippen MR) is 103 cm³/mol. The van der Waals surface area contributed by atoms with E-state index in [2.05, 4.69) is 61.6 Å². The van der Waals surface area contributed by atoms with Crippen LogP contribution in [-0.4, -0.2) is 18.9 Å². The summed E-state index contributed by atoms with van der Waals surface area (Å²) in [5, 5.41) is 3.92. The van der Waals surface area contributed by atoms with Gasteiger partial charge in [0.1, 0.15) is 5.75 Å². The van der Waals surface area contributed by atoms with E-state index >= 15 is 0 Å². The van der Waals surface area contributed by atoms with Gasteiger partial charge >= 0.3 is 0 Å². The highest BCUT2D eigenvalue weighted by Gasteiger charge is 2.26. The number of rotatable bonds is 5. The lowest BCUT2D eigenvalue weighted by atomic mass is 9.96. The SMILES string of the molecule is CCCCC1CSc2cc(C)c(OC)cc2C(c2ccccc2)N1. The van der Waals surface area contributed by atoms with Crippen molar-refractivity contribution in [3.8, 4) is 5.75 Å². The number of unbranched alkanes of at least 4 members (excludes halogenated alkanes) is 1. The lowest BCUT2D eigenvalue weighted by molar-refractivity contribution is 0.408. The molecule has 0 amide bonds. The van der Waals surface area contributed by atoms with Gasteiger partial charge in [0.05, 0.1) is 13.2 Å². The minimum absolute atomic E-state index is 0.229. The standard InChI is InChI=1S/C21H27NOS/c1-4-5-11-17-14-24-20-12-15(2)19(23-3)13-18(20)21(22-17)16-9-7-6-8-10-16/h6-10,12-13,17,21-22H,4-5,11,14H2,1-3H3. The summed E-state index contributed by atoms with van der Waals surface area (Å²) in [6.45, 7) is 4.39. The molecule has 0 aromatic heterocycles. The van der Waals surface area contributed by atoms with Gasteiger partial charge < -0.3 is 10.1 Å². The van der Waals surface area contributed by atoms with Crippen molar-refractivity contribution in [1.82, 2.24) is 5.32 Å². The highest BCUT2D eigenvalue weighted by Crippen LogP contribution is 2.39. The molecule has 2 unspecified atom stereocenters. The molecule has 1 N–H and O–H groups in total. The van der Waals surface area contributed by atoms with Gasteiger partial charge in [-0.1, -0.05) is 50.1 Å². The van der Waals surface area contributed by atoms with Crippen molar-refractivity contribution >= 4 is 11.8 Å². The fraction of sp³-hybridized carbons (Fsp3) is 0.429. The fourth-order valence-electron chi connectivity index (χ4n) is 3.35. The van der Waals surface area contributed by atoms with Gasteiger partial charge in [0, 0.05) is 16.7 Å². The highest BCUT2D eigenvalue weighted by molar-refractivity contribution is 7.99. The van der Waals surface area contributed by atoms with Crippen molar-refractivity contribution in [2.45, 2.75) is 50.1 Å². The first-order chi connectivity index (χ1) is 11.7. The zero-order chi connectivity index (χ0) is 16.9. The molecule has 0 bridgehead atoms. The quantitative estimate of drug-likeness (QED) is 0.792. The Morgan fingerprint density at radius 3 is 2.71 bits per heavy atom. The second-order valence-corrected chi connectivity index (χ2v) is 7.58. The smallest absolute Gasteiger partial charge is 0.122 e. The monoisotopic (exact) mass is 341 g/mol. The zero-order valence-corrected chi connectivity index (χ0v) is 15.7. The summed E-state index contributed by atoms with van der Waals surface area (Å²) in [6.07, 6.45) is 3.76. The number of fused-ring (bicyclic) bond motifs is 1. The van der Waals surface area contributed by atoms with E-state index in [1.54, 1.807) is 7.11 Å². The minimum Gasteiger partial charge on any atom is -0.496 e. The fourth-order valence-corrected chi connectivity index (χ4v) is 4.60. The third-order valence-electron chi connectivity index (χ3n) is 4.72. The van der Waals surface area contributed by atoms with E-state index in [0.717, 1.165) is 11.5 Å². The molecular weight excluding hydrogens is 314 g/mol. The second-order valence-electron chi connectivity index (χ2n) is 6.52. The van der Waals surface area contributed by atoms with Crippen LogP contribution in [0.3, 0.4) is 0 Å². The van der Waals surface area contributed by atoms with E-state index in [9.17, 15) is 0 Å². The van der Waals surface area contributed by atoms with Crippen molar-refractivity contribution in [3.63, 3.8) is 0 Å². The van der Waals surface area contributed by atoms with Crippen LogP contribution in [0, 0.1) is 6.92 Å². The first kappa shape index (κ1) is 17.4. The van der Waals surface area contributed by atoms with Crippen LogP contribution >= 0.6 is 11.8 Å². The Kier molecular flexibility index (Phi) is 5.85. The lowest BCUT2D eigenvalue weighted by Crippen LogP contribution is -2.34. The zero-order valence-electron chi connectivity index (χ0n) is 14.8. The van der Waals surface area contributed by atoms with Crippen LogP contribution in [0.5, 0.6) is 5.75 Å². The molecule has 0 aliphatic carbocycles. The van der Waals surface area contributed by atoms with Crippen molar-refractivity contribution in [2.24, 2.45) is 0 Å². The van der Waals surface area contributed by atoms with Crippen LogP contribution < -0.4 is 10.1 Å². The van der Waals surface area contributed by atoms with Crippen LogP contribution in [0.15, 0.2) is 47.4 Å². The minimum atomic E-state index is 0.229. The maximum absolute atomic E-state index is 5.59. The molecule has 128 valence electrons. The Bertz CT molecular complexity index is 671. The molecule has 24 heavy (non-hydrogen) atoms. The van der Waals surface area contributed by atoms with Gasteiger partial charge in [-0.2, -0.15) is 0 Å². The molecule has 0 radical (unpaired) electrons. The molecule has 1 aliphatic rings. The molecular formula is C21H27NOS. The highest BCUT2D eigenvalue weighted by atomic mass is 32.2. The molecule has 1 aliphatic heterocycles. The third kappa shape index (κ3) is 3.79. The van der Waals surface area contributed by atoms with Gasteiger partial charge in [-0.25, -0.2) is 0 Å². The van der Waals surface area contributed by atoms with Gasteiger partial charge in [0.15, 0.2) is 0 Å². The molecule has 2 aromatic carbocycles. The maximum Gasteiger partial charge on any atom is 0.122 e. The predicted octanol–water partition coefficient (Wildman–Crippen LogP) is 5.35. The van der Waals surface area contributed by atoms with Gasteiger partial charge in [-0.3, -0.25) is 0 Å². The van der Waals surface area contributed by atoms with Crippen LogP contribution in [0.1, 0.15) is 48.9 Å². The van der Waals surface area contributed by atoms with Crippen LogP contribution in [0.4, 0.5) is 0 Å². The number of thioether (sulfide) groups is 1. The average Bonchev–Trinajstić information content (AvgIpc) is 2.79. The molecule has 1 heterocycles. The summed E-state index contributed by atoms with van der Waals surface area (Å²) in [4.78, 5) is 1.38. The number of hydrogen-bond donors (Lipinski definition) is 1. The average molecular weight is 342 g/mol. The van der Waals surface area contributed by atoms with Crippen molar-refractivity contribution in [1.29, 1.82) is 0 Å². The molecule has 0 spiro atoms. The number of methoxy groups -OCH3 is 1. The van der Waals surface area contributed by atoms with Crippen molar-refractivity contribution in [3.05, 3.63) is 59.2 Å².